The molecule has 1 saturated carbocycles. The van der Waals surface area contributed by atoms with Crippen LogP contribution in [0.25, 0.3) is 0 Å². The smallest absolute Gasteiger partial charge is 0.234 e. The Balaban J connectivity index is 1.86. The number of thiophene rings is 1. The fourth-order valence-electron chi connectivity index (χ4n) is 3.56. The van der Waals surface area contributed by atoms with Gasteiger partial charge in [-0.3, -0.25) is 9.78 Å². The maximum Gasteiger partial charge on any atom is 0.234 e. The average molecular weight is 344 g/mol. The van der Waals surface area contributed by atoms with Gasteiger partial charge in [0.2, 0.25) is 5.91 Å². The van der Waals surface area contributed by atoms with E-state index in [1.165, 1.54) is 4.88 Å². The van der Waals surface area contributed by atoms with Gasteiger partial charge >= 0.3 is 0 Å². The number of hydrogen-bond donors (Lipinski definition) is 0. The Labute approximate surface area is 147 Å². The molecule has 2 aromatic heterocycles. The highest BCUT2D eigenvalue weighted by Gasteiger charge is 2.45. The summed E-state index contributed by atoms with van der Waals surface area (Å²) in [5, 5.41) is 2.07. The van der Waals surface area contributed by atoms with E-state index in [1.807, 2.05) is 17.0 Å². The summed E-state index contributed by atoms with van der Waals surface area (Å²) < 4.78 is 5.24. The van der Waals surface area contributed by atoms with E-state index in [2.05, 4.69) is 22.5 Å². The van der Waals surface area contributed by atoms with Crippen molar-refractivity contribution < 1.29 is 9.53 Å². The van der Waals surface area contributed by atoms with Gasteiger partial charge in [-0.05, 0) is 42.0 Å². The van der Waals surface area contributed by atoms with Crippen molar-refractivity contribution in [2.75, 3.05) is 20.3 Å². The highest BCUT2D eigenvalue weighted by atomic mass is 32.1. The maximum atomic E-state index is 13.5. The highest BCUT2D eigenvalue weighted by Crippen LogP contribution is 2.44. The van der Waals surface area contributed by atoms with E-state index in [4.69, 9.17) is 4.74 Å². The number of pyridine rings is 1. The molecule has 5 heteroatoms. The molecule has 2 aromatic rings. The third kappa shape index (κ3) is 3.52. The van der Waals surface area contributed by atoms with Gasteiger partial charge in [-0.2, -0.15) is 0 Å². The zero-order chi connectivity index (χ0) is 16.8. The Morgan fingerprint density at radius 1 is 1.29 bits per heavy atom. The van der Waals surface area contributed by atoms with Gasteiger partial charge in [0.05, 0.1) is 12.0 Å². The maximum absolute atomic E-state index is 13.5. The molecule has 0 atom stereocenters. The molecule has 1 aliphatic rings. The van der Waals surface area contributed by atoms with E-state index in [1.54, 1.807) is 30.8 Å². The fourth-order valence-corrected chi connectivity index (χ4v) is 4.54. The van der Waals surface area contributed by atoms with Crippen LogP contribution in [0.1, 0.15) is 36.1 Å². The molecule has 24 heavy (non-hydrogen) atoms. The number of hydrogen-bond acceptors (Lipinski definition) is 4. The summed E-state index contributed by atoms with van der Waals surface area (Å²) in [7, 11) is 1.68. The minimum atomic E-state index is -0.338. The van der Waals surface area contributed by atoms with Crippen LogP contribution >= 0.6 is 11.3 Å². The minimum absolute atomic E-state index is 0.247. The first-order chi connectivity index (χ1) is 11.8. The summed E-state index contributed by atoms with van der Waals surface area (Å²) in [5.41, 5.74) is 0.767. The summed E-state index contributed by atoms with van der Waals surface area (Å²) >= 11 is 1.71. The van der Waals surface area contributed by atoms with Gasteiger partial charge in [-0.25, -0.2) is 0 Å². The molecule has 0 N–H and O–H groups in total. The molecule has 1 fully saturated rings. The third-order valence-electron chi connectivity index (χ3n) is 4.83. The lowest BCUT2D eigenvalue weighted by Gasteiger charge is -2.34. The predicted molar refractivity (Wildman–Crippen MR) is 96.0 cm³/mol. The fraction of sp³-hybridized carbons (Fsp3) is 0.474. The van der Waals surface area contributed by atoms with Gasteiger partial charge in [-0.1, -0.05) is 18.9 Å². The quantitative estimate of drug-likeness (QED) is 0.770. The zero-order valence-electron chi connectivity index (χ0n) is 14.1. The summed E-state index contributed by atoms with van der Waals surface area (Å²) in [6.45, 7) is 1.78. The monoisotopic (exact) mass is 344 g/mol. The Bertz CT molecular complexity index is 637. The number of carbonyl (C=O) groups is 1. The molecule has 0 unspecified atom stereocenters. The summed E-state index contributed by atoms with van der Waals surface area (Å²) in [6.07, 6.45) is 7.70. The van der Waals surface area contributed by atoms with E-state index < -0.39 is 0 Å². The number of carbonyl (C=O) groups excluding carboxylic acids is 1. The lowest BCUT2D eigenvalue weighted by atomic mass is 9.82. The van der Waals surface area contributed by atoms with Crippen LogP contribution in [-0.4, -0.2) is 36.1 Å². The molecule has 0 aromatic carbocycles. The van der Waals surface area contributed by atoms with E-state index >= 15 is 0 Å². The molecule has 0 spiro atoms. The lowest BCUT2D eigenvalue weighted by molar-refractivity contribution is -0.138. The molecular weight excluding hydrogens is 320 g/mol. The molecule has 2 heterocycles. The van der Waals surface area contributed by atoms with Gasteiger partial charge < -0.3 is 9.64 Å². The van der Waals surface area contributed by atoms with E-state index in [-0.39, 0.29) is 11.3 Å². The zero-order valence-corrected chi connectivity index (χ0v) is 14.9. The van der Waals surface area contributed by atoms with Crippen molar-refractivity contribution in [3.8, 4) is 0 Å². The number of ether oxygens (including phenoxy) is 1. The number of aromatic nitrogens is 1. The van der Waals surface area contributed by atoms with E-state index in [0.717, 1.165) is 31.2 Å². The van der Waals surface area contributed by atoms with E-state index in [0.29, 0.717) is 19.7 Å². The number of amides is 1. The van der Waals surface area contributed by atoms with Crippen LogP contribution in [0.2, 0.25) is 0 Å². The molecule has 4 nitrogen and oxygen atoms in total. The summed E-state index contributed by atoms with van der Waals surface area (Å²) in [5.74, 6) is 0.247. The second kappa shape index (κ2) is 7.90. The van der Waals surface area contributed by atoms with Crippen molar-refractivity contribution in [2.45, 2.75) is 37.6 Å². The topological polar surface area (TPSA) is 42.4 Å². The molecule has 0 saturated heterocycles. The summed E-state index contributed by atoms with van der Waals surface area (Å²) in [6, 6.07) is 8.11. The molecule has 1 aliphatic carbocycles. The summed E-state index contributed by atoms with van der Waals surface area (Å²) in [4.78, 5) is 20.8. The second-order valence-corrected chi connectivity index (χ2v) is 7.29. The lowest BCUT2D eigenvalue weighted by Crippen LogP contribution is -2.46. The van der Waals surface area contributed by atoms with Gasteiger partial charge in [0, 0.05) is 37.5 Å². The third-order valence-corrected chi connectivity index (χ3v) is 5.91. The Morgan fingerprint density at radius 3 is 2.67 bits per heavy atom. The molecular formula is C19H24N2O2S. The molecule has 1 amide bonds. The Morgan fingerprint density at radius 2 is 2.04 bits per heavy atom. The average Bonchev–Trinajstić information content (AvgIpc) is 3.30. The standard InChI is InChI=1S/C19H24N2O2S/c1-23-13-12-21(15-16-6-10-20-11-7-16)18(22)19(8-2-3-9-19)17-5-4-14-24-17/h4-7,10-11,14H,2-3,8-9,12-13,15H2,1H3. The van der Waals surface area contributed by atoms with Crippen LogP contribution in [0.4, 0.5) is 0 Å². The van der Waals surface area contributed by atoms with Crippen molar-refractivity contribution in [1.82, 2.24) is 9.88 Å². The largest absolute Gasteiger partial charge is 0.383 e. The van der Waals surface area contributed by atoms with Gasteiger partial charge in [-0.15, -0.1) is 11.3 Å². The number of rotatable bonds is 7. The second-order valence-electron chi connectivity index (χ2n) is 6.34. The van der Waals surface area contributed by atoms with Crippen LogP contribution in [0, 0.1) is 0 Å². The van der Waals surface area contributed by atoms with Gasteiger partial charge in [0.15, 0.2) is 0 Å². The molecule has 0 bridgehead atoms. The van der Waals surface area contributed by atoms with Crippen molar-refractivity contribution in [3.63, 3.8) is 0 Å². The molecule has 0 radical (unpaired) electrons. The molecule has 128 valence electrons. The van der Waals surface area contributed by atoms with Crippen LogP contribution in [0.3, 0.4) is 0 Å². The normalized spacial score (nSPS) is 16.2. The minimum Gasteiger partial charge on any atom is -0.383 e. The number of methoxy groups -OCH3 is 1. The van der Waals surface area contributed by atoms with Gasteiger partial charge in [0.1, 0.15) is 0 Å². The first-order valence-corrected chi connectivity index (χ1v) is 9.35. The van der Waals surface area contributed by atoms with Gasteiger partial charge in [0.25, 0.3) is 0 Å². The number of nitrogens with zero attached hydrogens (tertiary/aromatic N) is 2. The van der Waals surface area contributed by atoms with Crippen LogP contribution in [0.5, 0.6) is 0 Å². The first kappa shape index (κ1) is 17.1. The van der Waals surface area contributed by atoms with Crippen LogP contribution in [0.15, 0.2) is 42.0 Å². The molecule has 3 rings (SSSR count). The first-order valence-electron chi connectivity index (χ1n) is 8.47. The van der Waals surface area contributed by atoms with E-state index in [9.17, 15) is 4.79 Å². The van der Waals surface area contributed by atoms with Crippen molar-refractivity contribution >= 4 is 17.2 Å². The van der Waals surface area contributed by atoms with Crippen molar-refractivity contribution in [3.05, 3.63) is 52.5 Å². The molecule has 0 aliphatic heterocycles. The van der Waals surface area contributed by atoms with Crippen LogP contribution < -0.4 is 0 Å². The van der Waals surface area contributed by atoms with Crippen molar-refractivity contribution in [2.24, 2.45) is 0 Å². The predicted octanol–water partition coefficient (Wildman–Crippen LogP) is 3.63. The SMILES string of the molecule is COCCN(Cc1ccncc1)C(=O)C1(c2cccs2)CCCC1. The van der Waals surface area contributed by atoms with Crippen LogP contribution in [-0.2, 0) is 21.5 Å². The Hall–Kier alpha value is -1.72. The van der Waals surface area contributed by atoms with Crippen molar-refractivity contribution in [1.29, 1.82) is 0 Å². The highest BCUT2D eigenvalue weighted by molar-refractivity contribution is 7.10. The Kier molecular flexibility index (Phi) is 5.63.